The van der Waals surface area contributed by atoms with Gasteiger partial charge in [-0.25, -0.2) is 0 Å². The number of halogens is 1. The Balaban J connectivity index is 2.23. The largest absolute Gasteiger partial charge is 0.503 e. The number of hydrogen-bond donors (Lipinski definition) is 1. The molecule has 2 rings (SSSR count). The van der Waals surface area contributed by atoms with Crippen molar-refractivity contribution in [3.63, 3.8) is 0 Å². The van der Waals surface area contributed by atoms with Gasteiger partial charge < -0.3 is 14.6 Å². The Bertz CT molecular complexity index is 661. The van der Waals surface area contributed by atoms with Crippen LogP contribution >= 0.6 is 11.6 Å². The molecule has 0 aliphatic carbocycles. The van der Waals surface area contributed by atoms with E-state index in [1.807, 2.05) is 0 Å². The van der Waals surface area contributed by atoms with Gasteiger partial charge in [0.25, 0.3) is 5.88 Å². The van der Waals surface area contributed by atoms with Gasteiger partial charge >= 0.3 is 5.97 Å². The maximum absolute atomic E-state index is 10.9. The van der Waals surface area contributed by atoms with Crippen molar-refractivity contribution in [2.45, 2.75) is 13.8 Å². The van der Waals surface area contributed by atoms with Crippen molar-refractivity contribution in [3.8, 4) is 23.1 Å². The number of aromatic hydroxyl groups is 1. The molecule has 6 nitrogen and oxygen atoms in total. The number of ether oxygens (including phenoxy) is 2. The molecule has 104 valence electrons. The van der Waals surface area contributed by atoms with Crippen molar-refractivity contribution in [3.05, 3.63) is 35.0 Å². The van der Waals surface area contributed by atoms with E-state index in [4.69, 9.17) is 21.1 Å². The van der Waals surface area contributed by atoms with Gasteiger partial charge in [-0.2, -0.15) is 0 Å². The van der Waals surface area contributed by atoms with Gasteiger partial charge in [0.15, 0.2) is 10.9 Å². The molecule has 0 amide bonds. The summed E-state index contributed by atoms with van der Waals surface area (Å²) in [6, 6.07) is 6.04. The second-order valence-electron chi connectivity index (χ2n) is 3.98. The Morgan fingerprint density at radius 1 is 1.30 bits per heavy atom. The molecule has 0 fully saturated rings. The third-order valence-corrected chi connectivity index (χ3v) is 2.51. The van der Waals surface area contributed by atoms with Crippen LogP contribution in [0.5, 0.6) is 23.1 Å². The second kappa shape index (κ2) is 5.75. The topological polar surface area (TPSA) is 81.5 Å². The molecule has 2 aromatic rings. The molecule has 0 saturated carbocycles. The highest BCUT2D eigenvalue weighted by Gasteiger charge is 2.10. The molecule has 0 bridgehead atoms. The average molecular weight is 295 g/mol. The lowest BCUT2D eigenvalue weighted by atomic mass is 10.2. The fraction of sp³-hybridized carbons (Fsp3) is 0.154. The van der Waals surface area contributed by atoms with Gasteiger partial charge in [0.2, 0.25) is 0 Å². The van der Waals surface area contributed by atoms with Crippen molar-refractivity contribution < 1.29 is 19.4 Å². The maximum Gasteiger partial charge on any atom is 0.308 e. The number of nitrogens with zero attached hydrogens (tertiary/aromatic N) is 2. The van der Waals surface area contributed by atoms with Crippen LogP contribution in [-0.4, -0.2) is 21.3 Å². The van der Waals surface area contributed by atoms with E-state index >= 15 is 0 Å². The zero-order valence-corrected chi connectivity index (χ0v) is 11.5. The number of rotatable bonds is 3. The lowest BCUT2D eigenvalue weighted by Crippen LogP contribution is -2.01. The fourth-order valence-electron chi connectivity index (χ4n) is 1.49. The minimum Gasteiger partial charge on any atom is -0.503 e. The number of hydrogen-bond acceptors (Lipinski definition) is 6. The highest BCUT2D eigenvalue weighted by molar-refractivity contribution is 6.29. The number of aryl methyl sites for hydroxylation is 1. The fourth-order valence-corrected chi connectivity index (χ4v) is 1.63. The molecule has 1 aromatic heterocycles. The highest BCUT2D eigenvalue weighted by atomic mass is 35.5. The smallest absolute Gasteiger partial charge is 0.308 e. The quantitative estimate of drug-likeness (QED) is 0.692. The van der Waals surface area contributed by atoms with Crippen LogP contribution in [0.3, 0.4) is 0 Å². The Morgan fingerprint density at radius 3 is 2.65 bits per heavy atom. The van der Waals surface area contributed by atoms with Crippen LogP contribution in [0.1, 0.15) is 12.5 Å². The predicted molar refractivity (Wildman–Crippen MR) is 71.3 cm³/mol. The van der Waals surface area contributed by atoms with E-state index in [0.29, 0.717) is 17.1 Å². The van der Waals surface area contributed by atoms with E-state index in [9.17, 15) is 9.90 Å². The minimum atomic E-state index is -0.403. The van der Waals surface area contributed by atoms with Crippen LogP contribution in [0.4, 0.5) is 0 Å². The Hall–Kier alpha value is -2.34. The molecule has 0 aliphatic heterocycles. The number of carbonyl (C=O) groups is 1. The number of benzene rings is 1. The van der Waals surface area contributed by atoms with Crippen LogP contribution in [0.2, 0.25) is 5.15 Å². The van der Waals surface area contributed by atoms with Crippen molar-refractivity contribution in [1.82, 2.24) is 10.2 Å². The van der Waals surface area contributed by atoms with Crippen LogP contribution < -0.4 is 9.47 Å². The van der Waals surface area contributed by atoms with Crippen LogP contribution in [0.15, 0.2) is 24.3 Å². The first-order valence-corrected chi connectivity index (χ1v) is 6.02. The van der Waals surface area contributed by atoms with Gasteiger partial charge in [-0.1, -0.05) is 11.6 Å². The van der Waals surface area contributed by atoms with E-state index in [-0.39, 0.29) is 16.8 Å². The lowest BCUT2D eigenvalue weighted by molar-refractivity contribution is -0.131. The summed E-state index contributed by atoms with van der Waals surface area (Å²) in [5.74, 6) is 0.187. The molecule has 0 radical (unpaired) electrons. The van der Waals surface area contributed by atoms with Crippen molar-refractivity contribution in [1.29, 1.82) is 0 Å². The van der Waals surface area contributed by atoms with Gasteiger partial charge in [0, 0.05) is 13.0 Å². The molecular weight excluding hydrogens is 284 g/mol. The van der Waals surface area contributed by atoms with E-state index in [0.717, 1.165) is 0 Å². The summed E-state index contributed by atoms with van der Waals surface area (Å²) >= 11 is 5.58. The average Bonchev–Trinajstić information content (AvgIpc) is 2.34. The van der Waals surface area contributed by atoms with Crippen molar-refractivity contribution in [2.24, 2.45) is 0 Å². The Labute approximate surface area is 119 Å². The van der Waals surface area contributed by atoms with Gasteiger partial charge in [-0.05, 0) is 30.7 Å². The van der Waals surface area contributed by atoms with Gasteiger partial charge in [-0.3, -0.25) is 4.79 Å². The van der Waals surface area contributed by atoms with Crippen LogP contribution in [0, 0.1) is 6.92 Å². The number of esters is 1. The normalized spacial score (nSPS) is 10.2. The monoisotopic (exact) mass is 294 g/mol. The number of aromatic nitrogens is 2. The maximum atomic E-state index is 10.9. The Morgan fingerprint density at radius 2 is 2.05 bits per heavy atom. The van der Waals surface area contributed by atoms with E-state index in [2.05, 4.69) is 10.2 Å². The van der Waals surface area contributed by atoms with E-state index in [1.54, 1.807) is 25.1 Å². The molecule has 0 atom stereocenters. The van der Waals surface area contributed by atoms with Crippen LogP contribution in [0.25, 0.3) is 0 Å². The van der Waals surface area contributed by atoms with E-state index < -0.39 is 5.97 Å². The molecule has 7 heteroatoms. The van der Waals surface area contributed by atoms with Gasteiger partial charge in [0.1, 0.15) is 11.5 Å². The molecule has 20 heavy (non-hydrogen) atoms. The minimum absolute atomic E-state index is 0.0577. The molecule has 0 aliphatic rings. The first kappa shape index (κ1) is 14.1. The molecule has 1 aromatic carbocycles. The summed E-state index contributed by atoms with van der Waals surface area (Å²) in [6.07, 6.45) is 0. The number of carbonyl (C=O) groups excluding carboxylic acids is 1. The molecule has 0 unspecified atom stereocenters. The lowest BCUT2D eigenvalue weighted by Gasteiger charge is -2.10. The molecule has 0 spiro atoms. The SMILES string of the molecule is CC(=O)Oc1ccc(Oc2nnc(Cl)cc2O)c(C)c1. The zero-order valence-electron chi connectivity index (χ0n) is 10.8. The summed E-state index contributed by atoms with van der Waals surface area (Å²) in [7, 11) is 0. The molecule has 0 saturated heterocycles. The van der Waals surface area contributed by atoms with Crippen LogP contribution in [-0.2, 0) is 4.79 Å². The summed E-state index contributed by atoms with van der Waals surface area (Å²) in [5.41, 5.74) is 0.708. The van der Waals surface area contributed by atoms with Gasteiger partial charge in [0.05, 0.1) is 0 Å². The highest BCUT2D eigenvalue weighted by Crippen LogP contribution is 2.32. The first-order chi connectivity index (χ1) is 9.45. The van der Waals surface area contributed by atoms with E-state index in [1.165, 1.54) is 13.0 Å². The summed E-state index contributed by atoms with van der Waals surface area (Å²) in [6.45, 7) is 3.09. The third-order valence-electron chi connectivity index (χ3n) is 2.33. The van der Waals surface area contributed by atoms with Crippen molar-refractivity contribution >= 4 is 17.6 Å². The first-order valence-electron chi connectivity index (χ1n) is 5.65. The standard InChI is InChI=1S/C13H11ClN2O4/c1-7-5-9(19-8(2)17)3-4-11(7)20-13-10(18)6-12(14)15-16-13/h3-6H,1-2H3,(H,15,18). The molecular formula is C13H11ClN2O4. The predicted octanol–water partition coefficient (Wildman–Crippen LogP) is 2.86. The second-order valence-corrected chi connectivity index (χ2v) is 4.37. The van der Waals surface area contributed by atoms with Crippen molar-refractivity contribution in [2.75, 3.05) is 0 Å². The summed E-state index contributed by atoms with van der Waals surface area (Å²) in [4.78, 5) is 10.9. The molecule has 1 heterocycles. The molecule has 1 N–H and O–H groups in total. The van der Waals surface area contributed by atoms with Gasteiger partial charge in [-0.15, -0.1) is 10.2 Å². The summed E-state index contributed by atoms with van der Waals surface area (Å²) < 4.78 is 10.4. The third kappa shape index (κ3) is 3.36. The summed E-state index contributed by atoms with van der Waals surface area (Å²) in [5, 5.41) is 16.9. The Kier molecular flexibility index (Phi) is 4.05. The zero-order chi connectivity index (χ0) is 14.7.